The van der Waals surface area contributed by atoms with Crippen LogP contribution < -0.4 is 10.3 Å². The fourth-order valence-electron chi connectivity index (χ4n) is 4.07. The lowest BCUT2D eigenvalue weighted by molar-refractivity contribution is -0.146. The summed E-state index contributed by atoms with van der Waals surface area (Å²) in [5.41, 5.74) is 0.978. The molecule has 0 radical (unpaired) electrons. The Morgan fingerprint density at radius 1 is 1.08 bits per heavy atom. The number of aromatic nitrogens is 4. The summed E-state index contributed by atoms with van der Waals surface area (Å²) in [4.78, 5) is 28.5. The largest absolute Gasteiger partial charge is 0.481 e. The first kappa shape index (κ1) is 25.8. The average Bonchev–Trinajstić information content (AvgIpc) is 2.89. The van der Waals surface area contributed by atoms with E-state index >= 15 is 0 Å². The molecular formula is C26H24F2N4O5. The van der Waals surface area contributed by atoms with E-state index in [4.69, 9.17) is 4.74 Å². The minimum Gasteiger partial charge on any atom is -0.481 e. The van der Waals surface area contributed by atoms with E-state index in [1.165, 1.54) is 25.3 Å². The SMILES string of the molecule is COc1ccc(-c2ccc(CC[C@@H](O)[C@H](CCn3nnc4cccc(F)c4c3=O)C(=O)O)c(F)c2)cn1. The zero-order valence-corrected chi connectivity index (χ0v) is 19.8. The molecule has 11 heteroatoms. The van der Waals surface area contributed by atoms with Gasteiger partial charge in [0.2, 0.25) is 5.88 Å². The van der Waals surface area contributed by atoms with Crippen LogP contribution in [0.5, 0.6) is 5.88 Å². The number of pyridine rings is 1. The highest BCUT2D eigenvalue weighted by molar-refractivity contribution is 5.77. The molecule has 0 aliphatic heterocycles. The number of carbonyl (C=O) groups is 1. The molecule has 4 rings (SSSR count). The lowest BCUT2D eigenvalue weighted by Crippen LogP contribution is -2.32. The molecule has 0 saturated carbocycles. The van der Waals surface area contributed by atoms with Gasteiger partial charge < -0.3 is 14.9 Å². The third kappa shape index (κ3) is 5.78. The van der Waals surface area contributed by atoms with Gasteiger partial charge in [0.05, 0.1) is 19.1 Å². The van der Waals surface area contributed by atoms with Crippen molar-refractivity contribution < 1.29 is 28.5 Å². The van der Waals surface area contributed by atoms with Crippen LogP contribution >= 0.6 is 0 Å². The van der Waals surface area contributed by atoms with E-state index in [1.807, 2.05) is 0 Å². The highest BCUT2D eigenvalue weighted by Gasteiger charge is 2.27. The molecule has 2 heterocycles. The number of hydrogen-bond donors (Lipinski definition) is 2. The summed E-state index contributed by atoms with van der Waals surface area (Å²) in [6.45, 7) is -0.191. The fourth-order valence-corrected chi connectivity index (χ4v) is 4.07. The molecule has 0 saturated heterocycles. The number of ether oxygens (including phenoxy) is 1. The van der Waals surface area contributed by atoms with Crippen LogP contribution in [0, 0.1) is 17.6 Å². The maximum Gasteiger partial charge on any atom is 0.309 e. The molecule has 0 spiro atoms. The number of aliphatic hydroxyl groups is 1. The number of halogens is 2. The number of hydrogen-bond acceptors (Lipinski definition) is 7. The molecular weight excluding hydrogens is 486 g/mol. The molecule has 37 heavy (non-hydrogen) atoms. The molecule has 0 bridgehead atoms. The van der Waals surface area contributed by atoms with Crippen molar-refractivity contribution in [1.29, 1.82) is 0 Å². The van der Waals surface area contributed by atoms with Crippen molar-refractivity contribution in [2.45, 2.75) is 31.9 Å². The Balaban J connectivity index is 1.41. The van der Waals surface area contributed by atoms with Gasteiger partial charge in [-0.3, -0.25) is 9.59 Å². The first-order valence-electron chi connectivity index (χ1n) is 11.5. The van der Waals surface area contributed by atoms with E-state index in [-0.39, 0.29) is 36.7 Å². The van der Waals surface area contributed by atoms with Gasteiger partial charge in [-0.05, 0) is 54.7 Å². The van der Waals surface area contributed by atoms with Gasteiger partial charge in [-0.2, -0.15) is 0 Å². The van der Waals surface area contributed by atoms with Crippen LogP contribution in [-0.2, 0) is 17.8 Å². The molecule has 0 aliphatic rings. The van der Waals surface area contributed by atoms with Crippen molar-refractivity contribution in [1.82, 2.24) is 20.0 Å². The summed E-state index contributed by atoms with van der Waals surface area (Å²) < 4.78 is 34.7. The third-order valence-corrected chi connectivity index (χ3v) is 6.18. The van der Waals surface area contributed by atoms with Crippen LogP contribution in [0.3, 0.4) is 0 Å². The normalized spacial score (nSPS) is 12.9. The predicted octanol–water partition coefficient (Wildman–Crippen LogP) is 3.22. The van der Waals surface area contributed by atoms with Crippen LogP contribution in [0.4, 0.5) is 8.78 Å². The molecule has 2 aromatic carbocycles. The van der Waals surface area contributed by atoms with Crippen molar-refractivity contribution in [2.24, 2.45) is 5.92 Å². The summed E-state index contributed by atoms with van der Waals surface area (Å²) >= 11 is 0. The predicted molar refractivity (Wildman–Crippen MR) is 130 cm³/mol. The number of benzene rings is 2. The van der Waals surface area contributed by atoms with Crippen LogP contribution in [0.15, 0.2) is 59.5 Å². The van der Waals surface area contributed by atoms with Crippen LogP contribution in [-0.4, -0.2) is 49.4 Å². The van der Waals surface area contributed by atoms with Crippen LogP contribution in [0.2, 0.25) is 0 Å². The molecule has 2 aromatic heterocycles. The van der Waals surface area contributed by atoms with Gasteiger partial charge in [-0.25, -0.2) is 18.4 Å². The Bertz CT molecular complexity index is 1480. The first-order valence-corrected chi connectivity index (χ1v) is 11.5. The number of nitrogens with zero attached hydrogens (tertiary/aromatic N) is 4. The van der Waals surface area contributed by atoms with Gasteiger partial charge in [-0.15, -0.1) is 5.10 Å². The number of aliphatic carboxylic acids is 1. The Kier molecular flexibility index (Phi) is 7.83. The Morgan fingerprint density at radius 3 is 2.54 bits per heavy atom. The smallest absolute Gasteiger partial charge is 0.309 e. The minimum atomic E-state index is -1.32. The number of rotatable bonds is 10. The summed E-state index contributed by atoms with van der Waals surface area (Å²) in [6, 6.07) is 12.0. The molecule has 0 aliphatic carbocycles. The molecule has 2 N–H and O–H groups in total. The van der Waals surface area contributed by atoms with Crippen molar-refractivity contribution in [3.05, 3.63) is 82.3 Å². The minimum absolute atomic E-state index is 0.0236. The standard InChI is InChI=1S/C26H24F2N4O5/c1-37-23-10-8-17(14-29-23)16-6-5-15(20(28)13-16)7-9-22(33)18(26(35)36)11-12-32-25(34)24-19(27)3-2-4-21(24)30-31-32/h2-6,8,10,13-14,18,22,33H,7,9,11-12H2,1H3,(H,35,36)/t18-,22+/m0/s1. The highest BCUT2D eigenvalue weighted by Crippen LogP contribution is 2.24. The third-order valence-electron chi connectivity index (χ3n) is 6.18. The zero-order chi connectivity index (χ0) is 26.5. The Labute approximate surface area is 210 Å². The van der Waals surface area contributed by atoms with Crippen molar-refractivity contribution in [3.63, 3.8) is 0 Å². The lowest BCUT2D eigenvalue weighted by atomic mass is 9.93. The average molecular weight is 510 g/mol. The summed E-state index contributed by atoms with van der Waals surface area (Å²) in [7, 11) is 1.50. The van der Waals surface area contributed by atoms with E-state index in [0.29, 0.717) is 22.6 Å². The van der Waals surface area contributed by atoms with Crippen LogP contribution in [0.1, 0.15) is 18.4 Å². The molecule has 0 amide bonds. The second-order valence-electron chi connectivity index (χ2n) is 8.49. The molecule has 9 nitrogen and oxygen atoms in total. The maximum atomic E-state index is 14.7. The number of carboxylic acid groups (broad SMARTS) is 1. The first-order chi connectivity index (χ1) is 17.8. The van der Waals surface area contributed by atoms with E-state index in [2.05, 4.69) is 15.3 Å². The van der Waals surface area contributed by atoms with Crippen LogP contribution in [0.25, 0.3) is 22.0 Å². The molecule has 2 atom stereocenters. The Morgan fingerprint density at radius 2 is 1.86 bits per heavy atom. The maximum absolute atomic E-state index is 14.7. The monoisotopic (exact) mass is 510 g/mol. The van der Waals surface area contributed by atoms with Gasteiger partial charge in [0, 0.05) is 24.4 Å². The quantitative estimate of drug-likeness (QED) is 0.333. The number of fused-ring (bicyclic) bond motifs is 1. The fraction of sp³-hybridized carbons (Fsp3) is 0.269. The molecule has 0 unspecified atom stereocenters. The number of carboxylic acids is 1. The second-order valence-corrected chi connectivity index (χ2v) is 8.49. The summed E-state index contributed by atoms with van der Waals surface area (Å²) in [6.07, 6.45) is 0.164. The van der Waals surface area contributed by atoms with Gasteiger partial charge in [0.15, 0.2) is 0 Å². The Hall–Kier alpha value is -4.25. The summed E-state index contributed by atoms with van der Waals surface area (Å²) in [5, 5.41) is 27.5. The lowest BCUT2D eigenvalue weighted by Gasteiger charge is -2.19. The van der Waals surface area contributed by atoms with E-state index < -0.39 is 35.2 Å². The van der Waals surface area contributed by atoms with Gasteiger partial charge in [-0.1, -0.05) is 23.4 Å². The zero-order valence-electron chi connectivity index (χ0n) is 19.8. The number of methoxy groups -OCH3 is 1. The van der Waals surface area contributed by atoms with E-state index in [0.717, 1.165) is 10.7 Å². The van der Waals surface area contributed by atoms with Gasteiger partial charge in [0.1, 0.15) is 22.5 Å². The van der Waals surface area contributed by atoms with Gasteiger partial charge in [0.25, 0.3) is 5.56 Å². The molecule has 192 valence electrons. The topological polar surface area (TPSA) is 127 Å². The van der Waals surface area contributed by atoms with Crippen molar-refractivity contribution in [2.75, 3.05) is 7.11 Å². The number of aryl methyl sites for hydroxylation is 2. The molecule has 0 fully saturated rings. The number of aliphatic hydroxyl groups excluding tert-OH is 1. The van der Waals surface area contributed by atoms with Crippen molar-refractivity contribution in [3.8, 4) is 17.0 Å². The second kappa shape index (κ2) is 11.2. The van der Waals surface area contributed by atoms with Gasteiger partial charge >= 0.3 is 5.97 Å². The summed E-state index contributed by atoms with van der Waals surface area (Å²) in [5.74, 6) is -3.33. The van der Waals surface area contributed by atoms with E-state index in [1.54, 1.807) is 30.5 Å². The van der Waals surface area contributed by atoms with Crippen molar-refractivity contribution >= 4 is 16.9 Å². The molecule has 4 aromatic rings. The van der Waals surface area contributed by atoms with E-state index in [9.17, 15) is 28.6 Å². The highest BCUT2D eigenvalue weighted by atomic mass is 19.1.